The second-order valence-electron chi connectivity index (χ2n) is 4.14. The van der Waals surface area contributed by atoms with Gasteiger partial charge < -0.3 is 10.5 Å². The summed E-state index contributed by atoms with van der Waals surface area (Å²) in [6.07, 6.45) is 1.09. The molecule has 0 aromatic heterocycles. The summed E-state index contributed by atoms with van der Waals surface area (Å²) >= 11 is 0. The number of rotatable bonds is 4. The molecule has 0 saturated carbocycles. The van der Waals surface area contributed by atoms with Gasteiger partial charge in [-0.3, -0.25) is 0 Å². The molecule has 0 heterocycles. The summed E-state index contributed by atoms with van der Waals surface area (Å²) in [5.41, 5.74) is 8.48. The Kier molecular flexibility index (Phi) is 4.15. The molecule has 2 atom stereocenters. The zero-order chi connectivity index (χ0) is 11.4. The number of ether oxygens (including phenoxy) is 1. The molecule has 0 fully saturated rings. The molecule has 1 rings (SSSR count). The van der Waals surface area contributed by atoms with Crippen molar-refractivity contribution in [1.82, 2.24) is 0 Å². The van der Waals surface area contributed by atoms with E-state index < -0.39 is 0 Å². The minimum atomic E-state index is 0.101. The molecule has 0 aliphatic rings. The van der Waals surface area contributed by atoms with Gasteiger partial charge >= 0.3 is 0 Å². The van der Waals surface area contributed by atoms with Crippen LogP contribution in [0, 0.1) is 12.8 Å². The molecule has 1 aromatic carbocycles. The summed E-state index contributed by atoms with van der Waals surface area (Å²) in [7, 11) is 1.70. The van der Waals surface area contributed by atoms with E-state index in [1.54, 1.807) is 7.11 Å². The highest BCUT2D eigenvalue weighted by atomic mass is 16.5. The molecule has 0 amide bonds. The van der Waals surface area contributed by atoms with Crippen LogP contribution in [0.5, 0.6) is 5.75 Å². The Morgan fingerprint density at radius 1 is 1.40 bits per heavy atom. The molecule has 0 bridgehead atoms. The predicted molar refractivity (Wildman–Crippen MR) is 64.1 cm³/mol. The van der Waals surface area contributed by atoms with Crippen molar-refractivity contribution in [1.29, 1.82) is 0 Å². The molecule has 0 saturated heterocycles. The molecule has 15 heavy (non-hydrogen) atoms. The standard InChI is InChI=1S/C13H21NO/c1-5-9(2)13(14)11-7-6-10(3)12(8-11)15-4/h6-9,13H,5,14H2,1-4H3/t9?,13-/m0/s1. The van der Waals surface area contributed by atoms with Gasteiger partial charge in [0.15, 0.2) is 0 Å². The lowest BCUT2D eigenvalue weighted by Crippen LogP contribution is -2.18. The number of hydrogen-bond acceptors (Lipinski definition) is 2. The average molecular weight is 207 g/mol. The first-order chi connectivity index (χ1) is 7.10. The highest BCUT2D eigenvalue weighted by Crippen LogP contribution is 2.26. The van der Waals surface area contributed by atoms with E-state index >= 15 is 0 Å². The van der Waals surface area contributed by atoms with Gasteiger partial charge in [0, 0.05) is 6.04 Å². The van der Waals surface area contributed by atoms with E-state index in [1.165, 1.54) is 0 Å². The second-order valence-corrected chi connectivity index (χ2v) is 4.14. The van der Waals surface area contributed by atoms with Gasteiger partial charge in [-0.25, -0.2) is 0 Å². The molecular weight excluding hydrogens is 186 g/mol. The maximum Gasteiger partial charge on any atom is 0.122 e. The third kappa shape index (κ3) is 2.72. The van der Waals surface area contributed by atoms with Gasteiger partial charge in [-0.1, -0.05) is 32.4 Å². The van der Waals surface area contributed by atoms with Crippen molar-refractivity contribution in [3.63, 3.8) is 0 Å². The lowest BCUT2D eigenvalue weighted by Gasteiger charge is -2.19. The Labute approximate surface area is 92.4 Å². The first-order valence-corrected chi connectivity index (χ1v) is 5.50. The molecule has 1 aromatic rings. The Morgan fingerprint density at radius 3 is 2.60 bits per heavy atom. The zero-order valence-electron chi connectivity index (χ0n) is 10.1. The van der Waals surface area contributed by atoms with Crippen molar-refractivity contribution in [3.05, 3.63) is 29.3 Å². The fourth-order valence-corrected chi connectivity index (χ4v) is 1.63. The molecule has 0 aliphatic carbocycles. The van der Waals surface area contributed by atoms with Crippen molar-refractivity contribution in [2.24, 2.45) is 11.7 Å². The van der Waals surface area contributed by atoms with Crippen LogP contribution in [0.4, 0.5) is 0 Å². The van der Waals surface area contributed by atoms with E-state index in [2.05, 4.69) is 26.0 Å². The van der Waals surface area contributed by atoms with E-state index in [9.17, 15) is 0 Å². The van der Waals surface area contributed by atoms with Gasteiger partial charge in [-0.15, -0.1) is 0 Å². The quantitative estimate of drug-likeness (QED) is 0.823. The van der Waals surface area contributed by atoms with Crippen LogP contribution < -0.4 is 10.5 Å². The summed E-state index contributed by atoms with van der Waals surface area (Å²) in [6.45, 7) is 6.38. The third-order valence-electron chi connectivity index (χ3n) is 3.07. The summed E-state index contributed by atoms with van der Waals surface area (Å²) in [5, 5.41) is 0. The minimum Gasteiger partial charge on any atom is -0.496 e. The first-order valence-electron chi connectivity index (χ1n) is 5.50. The van der Waals surface area contributed by atoms with Crippen LogP contribution in [-0.2, 0) is 0 Å². The lowest BCUT2D eigenvalue weighted by molar-refractivity contribution is 0.407. The SMILES string of the molecule is CCC(C)[C@H](N)c1ccc(C)c(OC)c1. The molecule has 0 radical (unpaired) electrons. The second kappa shape index (κ2) is 5.17. The summed E-state index contributed by atoms with van der Waals surface area (Å²) in [5.74, 6) is 1.42. The van der Waals surface area contributed by atoms with Crippen LogP contribution in [-0.4, -0.2) is 7.11 Å². The van der Waals surface area contributed by atoms with Crippen molar-refractivity contribution in [3.8, 4) is 5.75 Å². The van der Waals surface area contributed by atoms with Crippen molar-refractivity contribution in [2.45, 2.75) is 33.2 Å². The van der Waals surface area contributed by atoms with Crippen LogP contribution in [0.3, 0.4) is 0 Å². The molecule has 84 valence electrons. The van der Waals surface area contributed by atoms with Gasteiger partial charge in [0.2, 0.25) is 0 Å². The zero-order valence-corrected chi connectivity index (χ0v) is 10.1. The van der Waals surface area contributed by atoms with Crippen molar-refractivity contribution >= 4 is 0 Å². The van der Waals surface area contributed by atoms with Crippen LogP contribution in [0.2, 0.25) is 0 Å². The van der Waals surface area contributed by atoms with E-state index in [4.69, 9.17) is 10.5 Å². The number of nitrogens with two attached hydrogens (primary N) is 1. The van der Waals surface area contributed by atoms with Gasteiger partial charge in [-0.05, 0) is 30.0 Å². The first kappa shape index (κ1) is 12.1. The van der Waals surface area contributed by atoms with Crippen LogP contribution in [0.25, 0.3) is 0 Å². The Bertz CT molecular complexity index is 322. The van der Waals surface area contributed by atoms with Crippen molar-refractivity contribution < 1.29 is 4.74 Å². The van der Waals surface area contributed by atoms with E-state index in [0.29, 0.717) is 5.92 Å². The topological polar surface area (TPSA) is 35.2 Å². The monoisotopic (exact) mass is 207 g/mol. The number of hydrogen-bond donors (Lipinski definition) is 1. The fourth-order valence-electron chi connectivity index (χ4n) is 1.63. The average Bonchev–Trinajstić information content (AvgIpc) is 2.27. The highest BCUT2D eigenvalue weighted by Gasteiger charge is 2.14. The summed E-state index contributed by atoms with van der Waals surface area (Å²) in [4.78, 5) is 0. The van der Waals surface area contributed by atoms with Crippen LogP contribution >= 0.6 is 0 Å². The molecule has 1 unspecified atom stereocenters. The molecule has 2 nitrogen and oxygen atoms in total. The van der Waals surface area contributed by atoms with Gasteiger partial charge in [0.1, 0.15) is 5.75 Å². The third-order valence-corrected chi connectivity index (χ3v) is 3.07. The maximum atomic E-state index is 6.17. The largest absolute Gasteiger partial charge is 0.496 e. The molecular formula is C13H21NO. The normalized spacial score (nSPS) is 14.7. The predicted octanol–water partition coefficient (Wildman–Crippen LogP) is 3.05. The molecule has 2 N–H and O–H groups in total. The highest BCUT2D eigenvalue weighted by molar-refractivity contribution is 5.37. The van der Waals surface area contributed by atoms with E-state index in [0.717, 1.165) is 23.3 Å². The Hall–Kier alpha value is -1.02. The fraction of sp³-hybridized carbons (Fsp3) is 0.538. The number of benzene rings is 1. The molecule has 2 heteroatoms. The summed E-state index contributed by atoms with van der Waals surface area (Å²) < 4.78 is 5.29. The molecule has 0 spiro atoms. The maximum absolute atomic E-state index is 6.17. The van der Waals surface area contributed by atoms with E-state index in [-0.39, 0.29) is 6.04 Å². The Balaban J connectivity index is 2.95. The summed E-state index contributed by atoms with van der Waals surface area (Å²) in [6, 6.07) is 6.31. The van der Waals surface area contributed by atoms with Crippen LogP contribution in [0.15, 0.2) is 18.2 Å². The Morgan fingerprint density at radius 2 is 2.07 bits per heavy atom. The number of aryl methyl sites for hydroxylation is 1. The van der Waals surface area contributed by atoms with Gasteiger partial charge in [0.05, 0.1) is 7.11 Å². The van der Waals surface area contributed by atoms with Crippen LogP contribution in [0.1, 0.15) is 37.4 Å². The van der Waals surface area contributed by atoms with Gasteiger partial charge in [-0.2, -0.15) is 0 Å². The minimum absolute atomic E-state index is 0.101. The lowest BCUT2D eigenvalue weighted by atomic mass is 9.92. The van der Waals surface area contributed by atoms with E-state index in [1.807, 2.05) is 13.0 Å². The smallest absolute Gasteiger partial charge is 0.122 e. The van der Waals surface area contributed by atoms with Crippen molar-refractivity contribution in [2.75, 3.05) is 7.11 Å². The molecule has 0 aliphatic heterocycles. The number of methoxy groups -OCH3 is 1. The van der Waals surface area contributed by atoms with Gasteiger partial charge in [0.25, 0.3) is 0 Å².